The Balaban J connectivity index is 2.49. The molecule has 1 fully saturated rings. The van der Waals surface area contributed by atoms with Crippen molar-refractivity contribution in [3.63, 3.8) is 0 Å². The highest BCUT2D eigenvalue weighted by molar-refractivity contribution is 6.20. The van der Waals surface area contributed by atoms with Gasteiger partial charge in [0.1, 0.15) is 5.60 Å². The van der Waals surface area contributed by atoms with Crippen LogP contribution in [0.5, 0.6) is 0 Å². The number of amides is 1. The molecule has 1 saturated heterocycles. The summed E-state index contributed by atoms with van der Waals surface area (Å²) in [6.45, 7) is 6.27. The summed E-state index contributed by atoms with van der Waals surface area (Å²) in [5, 5.41) is 2.80. The zero-order valence-electron chi connectivity index (χ0n) is 8.97. The molecule has 3 nitrogen and oxygen atoms in total. The predicted octanol–water partition coefficient (Wildman–Crippen LogP) is 1.69. The number of nitrogens with one attached hydrogen (secondary N) is 1. The molecule has 1 amide bonds. The molecule has 82 valence electrons. The van der Waals surface area contributed by atoms with Gasteiger partial charge in [0, 0.05) is 12.6 Å². The van der Waals surface area contributed by atoms with Crippen LogP contribution in [0.15, 0.2) is 0 Å². The largest absolute Gasteiger partial charge is 0.365 e. The Morgan fingerprint density at radius 1 is 1.57 bits per heavy atom. The monoisotopic (exact) mass is 219 g/mol. The number of carbonyl (C=O) groups is 1. The third kappa shape index (κ3) is 2.61. The Bertz CT molecular complexity index is 212. The average molecular weight is 220 g/mol. The molecule has 1 aliphatic rings. The van der Waals surface area contributed by atoms with Gasteiger partial charge < -0.3 is 10.1 Å². The summed E-state index contributed by atoms with van der Waals surface area (Å²) in [6, 6.07) is -0.0230. The molecule has 0 radical (unpaired) electrons. The third-order valence-electron chi connectivity index (χ3n) is 2.75. The maximum absolute atomic E-state index is 11.8. The maximum Gasteiger partial charge on any atom is 0.252 e. The van der Waals surface area contributed by atoms with E-state index >= 15 is 0 Å². The van der Waals surface area contributed by atoms with E-state index in [4.69, 9.17) is 16.3 Å². The lowest BCUT2D eigenvalue weighted by molar-refractivity contribution is -0.140. The molecular formula is C10H18ClNO2. The van der Waals surface area contributed by atoms with Gasteiger partial charge in [-0.25, -0.2) is 0 Å². The predicted molar refractivity (Wildman–Crippen MR) is 56.5 cm³/mol. The minimum Gasteiger partial charge on any atom is -0.365 e. The van der Waals surface area contributed by atoms with Crippen molar-refractivity contribution >= 4 is 17.5 Å². The zero-order chi connectivity index (χ0) is 10.8. The molecule has 0 aliphatic carbocycles. The molecule has 1 heterocycles. The van der Waals surface area contributed by atoms with Crippen LogP contribution in [0.2, 0.25) is 0 Å². The lowest BCUT2D eigenvalue weighted by Gasteiger charge is -2.25. The fraction of sp³-hybridized carbons (Fsp3) is 0.900. The lowest BCUT2D eigenvalue weighted by atomic mass is 10.0. The summed E-state index contributed by atoms with van der Waals surface area (Å²) >= 11 is 5.87. The Labute approximate surface area is 90.1 Å². The van der Waals surface area contributed by atoms with Gasteiger partial charge in [0.2, 0.25) is 0 Å². The minimum absolute atomic E-state index is 0.0230. The standard InChI is InChI=1S/C10H18ClNO2/c1-7(11)8(2)12-9(13)10(3)5-4-6-14-10/h7-8H,4-6H2,1-3H3,(H,12,13). The quantitative estimate of drug-likeness (QED) is 0.734. The van der Waals surface area contributed by atoms with Crippen molar-refractivity contribution in [1.82, 2.24) is 5.32 Å². The third-order valence-corrected chi connectivity index (χ3v) is 3.12. The molecule has 0 aromatic rings. The smallest absolute Gasteiger partial charge is 0.252 e. The van der Waals surface area contributed by atoms with Crippen molar-refractivity contribution in [3.8, 4) is 0 Å². The summed E-state index contributed by atoms with van der Waals surface area (Å²) in [5.74, 6) is -0.0463. The number of ether oxygens (including phenoxy) is 1. The number of hydrogen-bond donors (Lipinski definition) is 1. The van der Waals surface area contributed by atoms with E-state index in [9.17, 15) is 4.79 Å². The van der Waals surface area contributed by atoms with Gasteiger partial charge in [-0.15, -0.1) is 11.6 Å². The second-order valence-electron chi connectivity index (χ2n) is 4.12. The summed E-state index contributed by atoms with van der Waals surface area (Å²) in [5.41, 5.74) is -0.639. The van der Waals surface area contributed by atoms with Gasteiger partial charge >= 0.3 is 0 Å². The molecule has 1 aliphatic heterocycles. The van der Waals surface area contributed by atoms with Gasteiger partial charge in [0.15, 0.2) is 0 Å². The fourth-order valence-corrected chi connectivity index (χ4v) is 1.50. The number of halogens is 1. The van der Waals surface area contributed by atoms with Crippen molar-refractivity contribution in [2.75, 3.05) is 6.61 Å². The first-order valence-corrected chi connectivity index (χ1v) is 5.48. The van der Waals surface area contributed by atoms with E-state index in [2.05, 4.69) is 5.32 Å². The Kier molecular flexibility index (Phi) is 3.78. The van der Waals surface area contributed by atoms with Gasteiger partial charge in [-0.3, -0.25) is 4.79 Å². The highest BCUT2D eigenvalue weighted by atomic mass is 35.5. The first kappa shape index (κ1) is 11.8. The minimum atomic E-state index is -0.639. The molecule has 0 spiro atoms. The molecule has 3 atom stereocenters. The number of rotatable bonds is 3. The van der Waals surface area contributed by atoms with Crippen LogP contribution in [-0.2, 0) is 9.53 Å². The van der Waals surface area contributed by atoms with Crippen LogP contribution in [0.3, 0.4) is 0 Å². The highest BCUT2D eigenvalue weighted by Crippen LogP contribution is 2.25. The van der Waals surface area contributed by atoms with E-state index in [0.717, 1.165) is 12.8 Å². The first-order chi connectivity index (χ1) is 6.46. The second kappa shape index (κ2) is 4.49. The highest BCUT2D eigenvalue weighted by Gasteiger charge is 2.38. The van der Waals surface area contributed by atoms with Crippen LogP contribution in [0.25, 0.3) is 0 Å². The number of carbonyl (C=O) groups excluding carboxylic acids is 1. The van der Waals surface area contributed by atoms with Crippen molar-refractivity contribution in [2.45, 2.75) is 50.6 Å². The van der Waals surface area contributed by atoms with Crippen LogP contribution in [0.4, 0.5) is 0 Å². The van der Waals surface area contributed by atoms with Crippen LogP contribution in [0.1, 0.15) is 33.6 Å². The van der Waals surface area contributed by atoms with Gasteiger partial charge in [-0.2, -0.15) is 0 Å². The molecule has 0 bridgehead atoms. The molecule has 14 heavy (non-hydrogen) atoms. The molecule has 4 heteroatoms. The maximum atomic E-state index is 11.8. The Hall–Kier alpha value is -0.280. The summed E-state index contributed by atoms with van der Waals surface area (Å²) < 4.78 is 5.43. The van der Waals surface area contributed by atoms with Crippen molar-refractivity contribution in [2.24, 2.45) is 0 Å². The summed E-state index contributed by atoms with van der Waals surface area (Å²) in [6.07, 6.45) is 1.75. The van der Waals surface area contributed by atoms with E-state index in [-0.39, 0.29) is 17.3 Å². The molecular weight excluding hydrogens is 202 g/mol. The van der Waals surface area contributed by atoms with Crippen molar-refractivity contribution in [3.05, 3.63) is 0 Å². The van der Waals surface area contributed by atoms with Crippen molar-refractivity contribution < 1.29 is 9.53 Å². The van der Waals surface area contributed by atoms with Crippen molar-refractivity contribution in [1.29, 1.82) is 0 Å². The number of hydrogen-bond acceptors (Lipinski definition) is 2. The first-order valence-electron chi connectivity index (χ1n) is 5.05. The van der Waals surface area contributed by atoms with E-state index in [1.54, 1.807) is 0 Å². The van der Waals surface area contributed by atoms with Gasteiger partial charge in [-0.05, 0) is 33.6 Å². The molecule has 0 aromatic carbocycles. The number of alkyl halides is 1. The SMILES string of the molecule is CC(Cl)C(C)NC(=O)C1(C)CCCO1. The molecule has 1 rings (SSSR count). The molecule has 3 unspecified atom stereocenters. The van der Waals surface area contributed by atoms with Crippen LogP contribution in [0, 0.1) is 0 Å². The topological polar surface area (TPSA) is 38.3 Å². The van der Waals surface area contributed by atoms with Crippen LogP contribution >= 0.6 is 11.6 Å². The summed E-state index contributed by atoms with van der Waals surface area (Å²) in [7, 11) is 0. The normalized spacial score (nSPS) is 31.1. The van der Waals surface area contributed by atoms with Crippen LogP contribution in [-0.4, -0.2) is 29.5 Å². The van der Waals surface area contributed by atoms with Gasteiger partial charge in [0.05, 0.1) is 5.38 Å². The average Bonchev–Trinajstić information content (AvgIpc) is 2.53. The molecule has 0 aromatic heterocycles. The fourth-order valence-electron chi connectivity index (χ4n) is 1.43. The molecule has 1 N–H and O–H groups in total. The van der Waals surface area contributed by atoms with E-state index in [1.807, 2.05) is 20.8 Å². The van der Waals surface area contributed by atoms with Gasteiger partial charge in [-0.1, -0.05) is 0 Å². The zero-order valence-corrected chi connectivity index (χ0v) is 9.73. The molecule has 0 saturated carbocycles. The Morgan fingerprint density at radius 2 is 2.21 bits per heavy atom. The summed E-state index contributed by atoms with van der Waals surface area (Å²) in [4.78, 5) is 11.8. The second-order valence-corrected chi connectivity index (χ2v) is 4.81. The van der Waals surface area contributed by atoms with E-state index < -0.39 is 5.60 Å². The van der Waals surface area contributed by atoms with E-state index in [0.29, 0.717) is 6.61 Å². The van der Waals surface area contributed by atoms with E-state index in [1.165, 1.54) is 0 Å². The van der Waals surface area contributed by atoms with Gasteiger partial charge in [0.25, 0.3) is 5.91 Å². The van der Waals surface area contributed by atoms with Crippen LogP contribution < -0.4 is 5.32 Å². The lowest BCUT2D eigenvalue weighted by Crippen LogP contribution is -2.49. The Morgan fingerprint density at radius 3 is 2.64 bits per heavy atom.